The van der Waals surface area contributed by atoms with E-state index in [9.17, 15) is 28.7 Å². The lowest BCUT2D eigenvalue weighted by Crippen LogP contribution is -2.44. The Morgan fingerprint density at radius 1 is 0.423 bits per heavy atom. The number of benzene rings is 8. The first-order chi connectivity index (χ1) is 64.4. The summed E-state index contributed by atoms with van der Waals surface area (Å²) in [6.45, 7) is 43.1. The van der Waals surface area contributed by atoms with Crippen LogP contribution in [0.4, 0.5) is 30.1 Å². The Kier molecular flexibility index (Phi) is 69.5. The van der Waals surface area contributed by atoms with E-state index in [4.69, 9.17) is 85.0 Å². The monoisotopic (exact) mass is 2150 g/mol. The molecule has 0 aliphatic carbocycles. The summed E-state index contributed by atoms with van der Waals surface area (Å²) in [5.74, 6) is 5.27. The SMILES string of the molecule is CC(C)(C)OC(=O)N1CCC(O)CC1.Cc1ccc(F)cc1.Cc1ccc(N(CCBr)CCBr)cc1.Cc1ccc(N(CCO)CCO)cc1.Cc1ccc(OC2CCN(C(=O)OC(C)(C)C)CC2)cc1.Cc1ccc(OC2CCN(C(=O)OC(C)(C)C)CC2)cc1.Cc1ccc(OC2CCNCC2)cc1.Cl.Cl.ClCCN(CCCl)Cc1ccccc1.ClCCNCCCl.O=Cc1ccccc1. The van der Waals surface area contributed by atoms with Crippen molar-refractivity contribution in [2.75, 3.05) is 162 Å². The summed E-state index contributed by atoms with van der Waals surface area (Å²) >= 11 is 29.0. The number of piperidine rings is 4. The minimum atomic E-state index is -0.438. The topological polar surface area (TPSA) is 228 Å². The molecule has 4 saturated heterocycles. The first-order valence-electron chi connectivity index (χ1n) is 46.9. The van der Waals surface area contributed by atoms with Gasteiger partial charge in [-0.25, -0.2) is 18.8 Å². The quantitative estimate of drug-likeness (QED) is 0.0140. The molecule has 12 rings (SSSR count). The van der Waals surface area contributed by atoms with E-state index in [-0.39, 0.29) is 80.4 Å². The first-order valence-corrected chi connectivity index (χ1v) is 51.3. The van der Waals surface area contributed by atoms with E-state index in [1.807, 2.05) is 178 Å². The van der Waals surface area contributed by atoms with Gasteiger partial charge in [-0.1, -0.05) is 199 Å². The molecule has 0 saturated carbocycles. The molecule has 137 heavy (non-hydrogen) atoms. The molecule has 8 aromatic carbocycles. The van der Waals surface area contributed by atoms with Crippen LogP contribution in [-0.4, -0.2) is 253 Å². The van der Waals surface area contributed by atoms with E-state index < -0.39 is 16.8 Å². The van der Waals surface area contributed by atoms with E-state index >= 15 is 0 Å². The molecule has 0 atom stereocenters. The van der Waals surface area contributed by atoms with Crippen LogP contribution in [0.3, 0.4) is 0 Å². The molecule has 0 spiro atoms. The predicted molar refractivity (Wildman–Crippen MR) is 579 cm³/mol. The van der Waals surface area contributed by atoms with Gasteiger partial charge in [-0.05, 0) is 221 Å². The number of aryl methyl sites for hydroxylation is 6. The van der Waals surface area contributed by atoms with Crippen molar-refractivity contribution >= 4 is 139 Å². The van der Waals surface area contributed by atoms with Crippen molar-refractivity contribution in [3.63, 3.8) is 0 Å². The molecule has 0 radical (unpaired) electrons. The Morgan fingerprint density at radius 3 is 0.993 bits per heavy atom. The molecule has 4 fully saturated rings. The number of anilines is 2. The maximum atomic E-state index is 12.1. The van der Waals surface area contributed by atoms with Crippen LogP contribution in [0, 0.1) is 47.4 Å². The number of amides is 3. The van der Waals surface area contributed by atoms with E-state index in [1.54, 1.807) is 39.0 Å². The molecule has 4 heterocycles. The average molecular weight is 2150 g/mol. The minimum Gasteiger partial charge on any atom is -0.490 e. The van der Waals surface area contributed by atoms with Gasteiger partial charge in [-0.15, -0.1) is 71.2 Å². The third-order valence-corrected chi connectivity index (χ3v) is 21.8. The fraction of sp³-hybridized carbons (Fsp3) is 0.514. The number of halogens is 9. The smallest absolute Gasteiger partial charge is 0.410 e. The minimum absolute atomic E-state index is 0. The number of rotatable bonds is 27. The van der Waals surface area contributed by atoms with Crippen LogP contribution in [0.1, 0.15) is 163 Å². The zero-order valence-electron chi connectivity index (χ0n) is 83.4. The average Bonchev–Trinajstić information content (AvgIpc) is 0.854. The molecular weight excluding hydrogens is 2000 g/mol. The van der Waals surface area contributed by atoms with Crippen molar-refractivity contribution in [1.29, 1.82) is 0 Å². The van der Waals surface area contributed by atoms with Gasteiger partial charge in [-0.2, -0.15) is 0 Å². The van der Waals surface area contributed by atoms with Crippen molar-refractivity contribution in [3.05, 3.63) is 257 Å². The molecule has 4 aliphatic rings. The van der Waals surface area contributed by atoms with Crippen LogP contribution in [0.15, 0.2) is 206 Å². The van der Waals surface area contributed by atoms with E-state index in [0.717, 1.165) is 148 Å². The summed E-state index contributed by atoms with van der Waals surface area (Å²) in [6, 6.07) is 67.1. The fourth-order valence-electron chi connectivity index (χ4n) is 13.1. The number of aliphatic hydroxyl groups excluding tert-OH is 3. The maximum Gasteiger partial charge on any atom is 0.410 e. The number of nitrogens with one attached hydrogen (secondary N) is 2. The Morgan fingerprint density at radius 2 is 0.715 bits per heavy atom. The lowest BCUT2D eigenvalue weighted by molar-refractivity contribution is 0.00940. The number of aldehydes is 1. The van der Waals surface area contributed by atoms with Gasteiger partial charge < -0.3 is 78.9 Å². The van der Waals surface area contributed by atoms with Crippen molar-refractivity contribution < 1.29 is 67.3 Å². The van der Waals surface area contributed by atoms with Gasteiger partial charge in [0.05, 0.1) is 19.3 Å². The van der Waals surface area contributed by atoms with Gasteiger partial charge in [0.15, 0.2) is 0 Å². The van der Waals surface area contributed by atoms with Crippen molar-refractivity contribution in [1.82, 2.24) is 30.2 Å². The lowest BCUT2D eigenvalue weighted by Gasteiger charge is -2.33. The van der Waals surface area contributed by atoms with Gasteiger partial charge in [-0.3, -0.25) is 9.69 Å². The number of likely N-dealkylation sites (tertiary alicyclic amines) is 3. The van der Waals surface area contributed by atoms with Gasteiger partial charge in [0.2, 0.25) is 0 Å². The molecule has 5 N–H and O–H groups in total. The van der Waals surface area contributed by atoms with E-state index in [2.05, 4.69) is 153 Å². The summed E-state index contributed by atoms with van der Waals surface area (Å²) in [5, 5.41) is 35.3. The molecule has 4 aliphatic heterocycles. The van der Waals surface area contributed by atoms with Crippen LogP contribution < -0.4 is 34.6 Å². The summed E-state index contributed by atoms with van der Waals surface area (Å²) in [4.78, 5) is 57.3. The molecule has 0 aromatic heterocycles. The Balaban J connectivity index is 0.000000772. The van der Waals surface area contributed by atoms with Crippen LogP contribution in [0.25, 0.3) is 0 Å². The normalized spacial score (nSPS) is 13.7. The standard InChI is InChI=1S/2C17H25NO3.C12H17NO.C11H15Br2N.C11H15Cl2N.C11H17NO2.C10H19NO3.C7H7F.C7H6O.C4H9Cl2N.2ClH/c2*1-13-5-7-14(8-6-13)20-15-9-11-18(12-10-15)16(19)21-17(2,3)4;1-10-2-4-11(5-3-10)14-12-6-8-13-9-7-12;1-10-2-4-11(5-3-10)14(8-6-12)9-7-13;12-6-8-14(9-7-13)10-11-4-2-1-3-5-11;1-10-2-4-11(5-3-10)12(6-8-13)7-9-14;1-10(2,3)14-9(13)11-6-4-8(12)5-7-11;1-6-2-4-7(8)5-3-6;8-6-7-4-2-1-3-5-7;5-1-3-7-4-2-6;;/h2*5-8,15H,9-12H2,1-4H3;2-5,12-13H,6-9H2,1H3;2-5H,6-9H2,1H3;1-5H,6-10H2;2-5,13-14H,6-9H2,1H3;8,12H,4-7H2,1-3H3;2-5H,1H3;1-6H;7H,1-4H2;2*1H. The molecule has 0 bridgehead atoms. The van der Waals surface area contributed by atoms with Crippen molar-refractivity contribution in [2.45, 2.75) is 203 Å². The third-order valence-electron chi connectivity index (χ3n) is 20.3. The summed E-state index contributed by atoms with van der Waals surface area (Å²) in [7, 11) is 0. The number of nitrogens with zero attached hydrogens (tertiary/aromatic N) is 6. The Labute approximate surface area is 868 Å². The van der Waals surface area contributed by atoms with Crippen LogP contribution in [0.2, 0.25) is 0 Å². The van der Waals surface area contributed by atoms with Crippen molar-refractivity contribution in [3.8, 4) is 17.2 Å². The number of aliphatic hydroxyl groups is 3. The number of ether oxygens (including phenoxy) is 6. The summed E-state index contributed by atoms with van der Waals surface area (Å²) in [6.07, 6.45) is 7.50. The van der Waals surface area contributed by atoms with Crippen LogP contribution >= 0.6 is 103 Å². The Bertz CT molecular complexity index is 4150. The highest BCUT2D eigenvalue weighted by Gasteiger charge is 2.31. The van der Waals surface area contributed by atoms with Gasteiger partial charge in [0.25, 0.3) is 0 Å². The third kappa shape index (κ3) is 62.5. The Hall–Kier alpha value is -7.37. The summed E-state index contributed by atoms with van der Waals surface area (Å²) in [5.41, 5.74) is 10.4. The molecule has 766 valence electrons. The number of hydrogen-bond donors (Lipinski definition) is 5. The second-order valence-corrected chi connectivity index (χ2v) is 38.9. The number of alkyl halides is 6. The molecule has 21 nitrogen and oxygen atoms in total. The number of carbonyl (C=O) groups excluding carboxylic acids is 4. The first kappa shape index (κ1) is 128. The second kappa shape index (κ2) is 74.6. The lowest BCUT2D eigenvalue weighted by atomic mass is 10.1. The number of hydrogen-bond acceptors (Lipinski definition) is 18. The maximum absolute atomic E-state index is 12.1. The number of carbonyl (C=O) groups is 4. The van der Waals surface area contributed by atoms with E-state index in [0.29, 0.717) is 94.8 Å². The highest BCUT2D eigenvalue weighted by molar-refractivity contribution is 9.09. The van der Waals surface area contributed by atoms with E-state index in [1.165, 1.54) is 51.2 Å². The molecule has 30 heteroatoms. The predicted octanol–water partition coefficient (Wildman–Crippen LogP) is 23.9. The van der Waals surface area contributed by atoms with Gasteiger partial charge >= 0.3 is 18.3 Å². The van der Waals surface area contributed by atoms with Gasteiger partial charge in [0, 0.05) is 175 Å². The molecule has 0 unspecified atom stereocenters. The molecule has 3 amide bonds. The molecule has 8 aromatic rings. The summed E-state index contributed by atoms with van der Waals surface area (Å²) < 4.78 is 45.9. The highest BCUT2D eigenvalue weighted by Crippen LogP contribution is 2.26. The van der Waals surface area contributed by atoms with Gasteiger partial charge in [0.1, 0.15) is 64.5 Å². The zero-order valence-corrected chi connectivity index (χ0v) is 91.2. The highest BCUT2D eigenvalue weighted by atomic mass is 79.9. The zero-order chi connectivity index (χ0) is 99.8. The van der Waals surface area contributed by atoms with Crippen LogP contribution in [-0.2, 0) is 20.8 Å². The largest absolute Gasteiger partial charge is 0.490 e. The fourth-order valence-corrected chi connectivity index (χ4v) is 14.7. The molecular formula is C107H157Br2Cl6FN8O13. The second-order valence-electron chi connectivity index (χ2n) is 35.8. The van der Waals surface area contributed by atoms with Crippen molar-refractivity contribution in [2.24, 2.45) is 0 Å². The van der Waals surface area contributed by atoms with Crippen LogP contribution in [0.5, 0.6) is 17.2 Å².